The van der Waals surface area contributed by atoms with Gasteiger partial charge in [-0.25, -0.2) is 4.79 Å². The molecule has 0 saturated carbocycles. The van der Waals surface area contributed by atoms with Crippen molar-refractivity contribution < 1.29 is 14.4 Å². The summed E-state index contributed by atoms with van der Waals surface area (Å²) in [5.74, 6) is -0.647. The number of hydrogen-bond acceptors (Lipinski definition) is 4. The Hall–Kier alpha value is -1.82. The number of urea groups is 1. The molecule has 112 valence electrons. The molecule has 5 nitrogen and oxygen atoms in total. The molecule has 1 fully saturated rings. The van der Waals surface area contributed by atoms with Crippen LogP contribution in [0.15, 0.2) is 30.3 Å². The molecule has 1 heterocycles. The summed E-state index contributed by atoms with van der Waals surface area (Å²) in [6.45, 7) is 1.80. The summed E-state index contributed by atoms with van der Waals surface area (Å²) >= 11 is 1.37. The Labute approximate surface area is 128 Å². The topological polar surface area (TPSA) is 57.7 Å². The fourth-order valence-electron chi connectivity index (χ4n) is 2.68. The van der Waals surface area contributed by atoms with Crippen molar-refractivity contribution in [3.8, 4) is 0 Å². The largest absolute Gasteiger partial charge is 0.333 e. The first-order valence-electron chi connectivity index (χ1n) is 6.69. The molecule has 6 heteroatoms. The molecule has 0 N–H and O–H groups in total. The second-order valence-corrected chi connectivity index (χ2v) is 5.76. The summed E-state index contributed by atoms with van der Waals surface area (Å²) in [6, 6.07) is 8.39. The van der Waals surface area contributed by atoms with E-state index in [0.717, 1.165) is 9.80 Å². The quantitative estimate of drug-likeness (QED) is 0.799. The van der Waals surface area contributed by atoms with Crippen LogP contribution in [-0.2, 0) is 15.0 Å². The smallest absolute Gasteiger partial charge is 0.273 e. The molecule has 0 aromatic heterocycles. The number of carbonyl (C=O) groups excluding carboxylic acids is 3. The number of barbiturate groups is 1. The fraction of sp³-hybridized carbons (Fsp3) is 0.400. The predicted octanol–water partition coefficient (Wildman–Crippen LogP) is 2.08. The average Bonchev–Trinajstić information content (AvgIpc) is 2.52. The Morgan fingerprint density at radius 3 is 2.24 bits per heavy atom. The summed E-state index contributed by atoms with van der Waals surface area (Å²) in [5, 5.41) is 0. The van der Waals surface area contributed by atoms with Gasteiger partial charge in [0.05, 0.1) is 5.88 Å². The molecule has 0 spiro atoms. The van der Waals surface area contributed by atoms with Crippen molar-refractivity contribution in [2.24, 2.45) is 0 Å². The molecule has 1 saturated heterocycles. The zero-order chi connectivity index (χ0) is 15.6. The van der Waals surface area contributed by atoms with Crippen molar-refractivity contribution in [3.63, 3.8) is 0 Å². The predicted molar refractivity (Wildman–Crippen MR) is 81.8 cm³/mol. The summed E-state index contributed by atoms with van der Waals surface area (Å²) in [5.41, 5.74) is -0.674. The second-order valence-electron chi connectivity index (χ2n) is 4.92. The first kappa shape index (κ1) is 15.6. The van der Waals surface area contributed by atoms with Gasteiger partial charge < -0.3 is 0 Å². The molecule has 21 heavy (non-hydrogen) atoms. The number of hydrogen-bond donors (Lipinski definition) is 0. The molecular formula is C15H18N2O3S. The summed E-state index contributed by atoms with van der Waals surface area (Å²) in [7, 11) is 1.43. The lowest BCUT2D eigenvalue weighted by Crippen LogP contribution is -2.65. The minimum absolute atomic E-state index is 0.240. The SMILES string of the molecule is CCC1(c2ccccc2)C(=O)N(C)C(=O)N(CSC)C1=O. The van der Waals surface area contributed by atoms with Crippen LogP contribution < -0.4 is 0 Å². The van der Waals surface area contributed by atoms with E-state index in [-0.39, 0.29) is 5.88 Å². The highest BCUT2D eigenvalue weighted by Crippen LogP contribution is 2.36. The Morgan fingerprint density at radius 1 is 1.10 bits per heavy atom. The molecule has 1 unspecified atom stereocenters. The van der Waals surface area contributed by atoms with E-state index in [9.17, 15) is 14.4 Å². The highest BCUT2D eigenvalue weighted by atomic mass is 32.2. The minimum Gasteiger partial charge on any atom is -0.273 e. The van der Waals surface area contributed by atoms with Crippen molar-refractivity contribution in [2.75, 3.05) is 19.2 Å². The molecule has 1 aromatic rings. The Bertz CT molecular complexity index is 576. The average molecular weight is 306 g/mol. The van der Waals surface area contributed by atoms with Crippen LogP contribution in [0.1, 0.15) is 18.9 Å². The first-order valence-corrected chi connectivity index (χ1v) is 8.08. The fourth-order valence-corrected chi connectivity index (χ4v) is 3.17. The molecule has 1 aliphatic heterocycles. The van der Waals surface area contributed by atoms with Gasteiger partial charge in [-0.05, 0) is 18.2 Å². The molecule has 0 radical (unpaired) electrons. The van der Waals surface area contributed by atoms with Crippen LogP contribution >= 0.6 is 11.8 Å². The highest BCUT2D eigenvalue weighted by molar-refractivity contribution is 7.98. The maximum atomic E-state index is 12.9. The van der Waals surface area contributed by atoms with Gasteiger partial charge in [0, 0.05) is 7.05 Å². The lowest BCUT2D eigenvalue weighted by atomic mass is 9.74. The van der Waals surface area contributed by atoms with E-state index in [4.69, 9.17) is 0 Å². The molecule has 1 aliphatic rings. The molecular weight excluding hydrogens is 288 g/mol. The summed E-state index contributed by atoms with van der Waals surface area (Å²) < 4.78 is 0. The molecule has 1 atom stereocenters. The number of carbonyl (C=O) groups is 3. The van der Waals surface area contributed by atoms with E-state index in [0.29, 0.717) is 12.0 Å². The zero-order valence-electron chi connectivity index (χ0n) is 12.3. The minimum atomic E-state index is -1.31. The van der Waals surface area contributed by atoms with Crippen LogP contribution in [0.3, 0.4) is 0 Å². The number of benzene rings is 1. The maximum absolute atomic E-state index is 12.9. The second kappa shape index (κ2) is 5.89. The van der Waals surface area contributed by atoms with Crippen molar-refractivity contribution in [2.45, 2.75) is 18.8 Å². The van der Waals surface area contributed by atoms with Crippen molar-refractivity contribution >= 4 is 29.6 Å². The molecule has 0 bridgehead atoms. The van der Waals surface area contributed by atoms with E-state index in [1.165, 1.54) is 18.8 Å². The van der Waals surface area contributed by atoms with E-state index in [1.807, 2.05) is 12.3 Å². The molecule has 1 aromatic carbocycles. The number of nitrogens with zero attached hydrogens (tertiary/aromatic N) is 2. The van der Waals surface area contributed by atoms with Crippen LogP contribution in [0.25, 0.3) is 0 Å². The van der Waals surface area contributed by atoms with Gasteiger partial charge in [0.2, 0.25) is 0 Å². The van der Waals surface area contributed by atoms with Crippen LogP contribution in [0.4, 0.5) is 4.79 Å². The van der Waals surface area contributed by atoms with Crippen LogP contribution in [0.5, 0.6) is 0 Å². The van der Waals surface area contributed by atoms with E-state index in [1.54, 1.807) is 31.2 Å². The van der Waals surface area contributed by atoms with Gasteiger partial charge in [0.25, 0.3) is 11.8 Å². The van der Waals surface area contributed by atoms with Crippen LogP contribution in [0, 0.1) is 0 Å². The Morgan fingerprint density at radius 2 is 1.71 bits per heavy atom. The third-order valence-electron chi connectivity index (χ3n) is 3.85. The van der Waals surface area contributed by atoms with E-state index in [2.05, 4.69) is 0 Å². The van der Waals surface area contributed by atoms with Gasteiger partial charge in [-0.2, -0.15) is 0 Å². The number of amides is 4. The lowest BCUT2D eigenvalue weighted by molar-refractivity contribution is -0.151. The summed E-state index contributed by atoms with van der Waals surface area (Å²) in [6.07, 6.45) is 2.13. The van der Waals surface area contributed by atoms with Gasteiger partial charge in [-0.3, -0.25) is 19.4 Å². The van der Waals surface area contributed by atoms with Crippen molar-refractivity contribution in [3.05, 3.63) is 35.9 Å². The standard InChI is InChI=1S/C15H18N2O3S/c1-4-15(11-8-6-5-7-9-11)12(18)16(2)14(20)17(10-21-3)13(15)19/h5-9H,4,10H2,1-3H3. The zero-order valence-corrected chi connectivity index (χ0v) is 13.1. The van der Waals surface area contributed by atoms with Crippen LogP contribution in [0.2, 0.25) is 0 Å². The van der Waals surface area contributed by atoms with Gasteiger partial charge in [0.15, 0.2) is 5.41 Å². The first-order chi connectivity index (χ1) is 10.0. The molecule has 0 aliphatic carbocycles. The molecule has 2 rings (SSSR count). The summed E-state index contributed by atoms with van der Waals surface area (Å²) in [4.78, 5) is 40.0. The van der Waals surface area contributed by atoms with Gasteiger partial charge in [0.1, 0.15) is 0 Å². The van der Waals surface area contributed by atoms with Gasteiger partial charge in [-0.1, -0.05) is 37.3 Å². The van der Waals surface area contributed by atoms with Gasteiger partial charge in [-0.15, -0.1) is 11.8 Å². The normalized spacial score (nSPS) is 22.9. The Balaban J connectivity index is 2.60. The number of imide groups is 2. The molecule has 4 amide bonds. The van der Waals surface area contributed by atoms with Crippen molar-refractivity contribution in [1.29, 1.82) is 0 Å². The lowest BCUT2D eigenvalue weighted by Gasteiger charge is -2.42. The van der Waals surface area contributed by atoms with Crippen molar-refractivity contribution in [1.82, 2.24) is 9.80 Å². The number of rotatable bonds is 4. The maximum Gasteiger partial charge on any atom is 0.333 e. The Kier molecular flexibility index (Phi) is 4.37. The monoisotopic (exact) mass is 306 g/mol. The third-order valence-corrected chi connectivity index (χ3v) is 4.37. The van der Waals surface area contributed by atoms with E-state index >= 15 is 0 Å². The highest BCUT2D eigenvalue weighted by Gasteiger charge is 2.56. The number of thioether (sulfide) groups is 1. The third kappa shape index (κ3) is 2.23. The van der Waals surface area contributed by atoms with E-state index < -0.39 is 23.3 Å². The van der Waals surface area contributed by atoms with Gasteiger partial charge >= 0.3 is 6.03 Å². The van der Waals surface area contributed by atoms with Crippen LogP contribution in [-0.4, -0.2) is 46.8 Å². The number of likely N-dealkylation sites (N-methyl/N-ethyl adjacent to an activating group) is 1.